The number of aromatic nitrogens is 2. The highest BCUT2D eigenvalue weighted by Gasteiger charge is 2.07. The van der Waals surface area contributed by atoms with Crippen molar-refractivity contribution in [1.82, 2.24) is 9.97 Å². The number of hydrogen-bond donors (Lipinski definition) is 2. The quantitative estimate of drug-likeness (QED) is 0.732. The first-order valence-corrected chi connectivity index (χ1v) is 4.95. The summed E-state index contributed by atoms with van der Waals surface area (Å²) in [5.74, 6) is 1.88. The molecule has 0 aliphatic carbocycles. The highest BCUT2D eigenvalue weighted by atomic mass is 16.4. The van der Waals surface area contributed by atoms with Crippen molar-refractivity contribution in [2.75, 3.05) is 5.32 Å². The molecule has 5 nitrogen and oxygen atoms in total. The molecule has 16 heavy (non-hydrogen) atoms. The average Bonchev–Trinajstić information content (AvgIpc) is 2.29. The highest BCUT2D eigenvalue weighted by Crippen LogP contribution is 2.05. The van der Waals surface area contributed by atoms with Crippen LogP contribution >= 0.6 is 0 Å². The number of aromatic carboxylic acids is 1. The van der Waals surface area contributed by atoms with Crippen molar-refractivity contribution in [3.63, 3.8) is 0 Å². The van der Waals surface area contributed by atoms with Gasteiger partial charge in [-0.25, -0.2) is 14.8 Å². The molecule has 1 rings (SSSR count). The first-order chi connectivity index (χ1) is 7.67. The molecule has 1 heterocycles. The molecular weight excluding hydrogens is 206 g/mol. The molecule has 0 saturated heterocycles. The van der Waals surface area contributed by atoms with Crippen molar-refractivity contribution in [2.24, 2.45) is 0 Å². The predicted octanol–water partition coefficient (Wildman–Crippen LogP) is 1.39. The minimum absolute atomic E-state index is 0.0540. The van der Waals surface area contributed by atoms with E-state index in [0.717, 1.165) is 12.8 Å². The van der Waals surface area contributed by atoms with Crippen molar-refractivity contribution < 1.29 is 9.90 Å². The van der Waals surface area contributed by atoms with Crippen LogP contribution in [0.3, 0.4) is 0 Å². The van der Waals surface area contributed by atoms with Gasteiger partial charge in [-0.2, -0.15) is 0 Å². The van der Waals surface area contributed by atoms with Gasteiger partial charge in [-0.3, -0.25) is 0 Å². The van der Waals surface area contributed by atoms with Crippen molar-refractivity contribution in [1.29, 1.82) is 0 Å². The SMILES string of the molecule is C#CC(CCC)Nc1ncc(C(=O)O)cn1. The molecule has 0 radical (unpaired) electrons. The van der Waals surface area contributed by atoms with Crippen molar-refractivity contribution in [3.8, 4) is 12.3 Å². The third kappa shape index (κ3) is 3.24. The lowest BCUT2D eigenvalue weighted by Crippen LogP contribution is -2.18. The number of carboxylic acid groups (broad SMARTS) is 1. The zero-order chi connectivity index (χ0) is 12.0. The standard InChI is InChI=1S/C11H13N3O2/c1-3-5-9(4-2)14-11-12-6-8(7-13-11)10(15)16/h2,6-7,9H,3,5H2,1H3,(H,15,16)(H,12,13,14). The molecule has 0 spiro atoms. The van der Waals surface area contributed by atoms with Crippen LogP contribution in [0.25, 0.3) is 0 Å². The second-order valence-corrected chi connectivity index (χ2v) is 3.25. The topological polar surface area (TPSA) is 75.1 Å². The van der Waals surface area contributed by atoms with E-state index in [1.54, 1.807) is 0 Å². The molecule has 0 fully saturated rings. The van der Waals surface area contributed by atoms with Gasteiger partial charge in [0.05, 0.1) is 11.6 Å². The van der Waals surface area contributed by atoms with Gasteiger partial charge in [-0.15, -0.1) is 6.42 Å². The van der Waals surface area contributed by atoms with Crippen LogP contribution in [0.5, 0.6) is 0 Å². The molecule has 0 aliphatic heterocycles. The number of carboxylic acids is 1. The van der Waals surface area contributed by atoms with Gasteiger partial charge in [0.2, 0.25) is 5.95 Å². The molecule has 1 aromatic heterocycles. The molecule has 5 heteroatoms. The molecule has 1 unspecified atom stereocenters. The van der Waals surface area contributed by atoms with Gasteiger partial charge in [0.1, 0.15) is 0 Å². The summed E-state index contributed by atoms with van der Waals surface area (Å²) < 4.78 is 0. The second-order valence-electron chi connectivity index (χ2n) is 3.25. The van der Waals surface area contributed by atoms with Gasteiger partial charge in [0, 0.05) is 12.4 Å². The van der Waals surface area contributed by atoms with Crippen molar-refractivity contribution >= 4 is 11.9 Å². The largest absolute Gasteiger partial charge is 0.478 e. The summed E-state index contributed by atoms with van der Waals surface area (Å²) in [5.41, 5.74) is 0.0540. The normalized spacial score (nSPS) is 11.5. The minimum atomic E-state index is -1.05. The maximum absolute atomic E-state index is 10.6. The van der Waals surface area contributed by atoms with Gasteiger partial charge in [0.15, 0.2) is 0 Å². The Labute approximate surface area is 93.9 Å². The van der Waals surface area contributed by atoms with E-state index in [1.165, 1.54) is 12.4 Å². The zero-order valence-electron chi connectivity index (χ0n) is 8.97. The van der Waals surface area contributed by atoms with Crippen molar-refractivity contribution in [2.45, 2.75) is 25.8 Å². The van der Waals surface area contributed by atoms with Crippen LogP contribution in [0.1, 0.15) is 30.1 Å². The molecule has 0 bridgehead atoms. The highest BCUT2D eigenvalue weighted by molar-refractivity contribution is 5.86. The van der Waals surface area contributed by atoms with Gasteiger partial charge >= 0.3 is 5.97 Å². The van der Waals surface area contributed by atoms with E-state index < -0.39 is 5.97 Å². The summed E-state index contributed by atoms with van der Waals surface area (Å²) in [5, 5.41) is 11.6. The molecule has 0 aliphatic rings. The zero-order valence-corrected chi connectivity index (χ0v) is 8.97. The minimum Gasteiger partial charge on any atom is -0.478 e. The van der Waals surface area contributed by atoms with Crippen molar-refractivity contribution in [3.05, 3.63) is 18.0 Å². The van der Waals surface area contributed by atoms with Crippen LogP contribution in [-0.4, -0.2) is 27.1 Å². The number of nitrogens with zero attached hydrogens (tertiary/aromatic N) is 2. The lowest BCUT2D eigenvalue weighted by Gasteiger charge is -2.11. The Morgan fingerprint density at radius 3 is 2.69 bits per heavy atom. The number of carbonyl (C=O) groups is 1. The first-order valence-electron chi connectivity index (χ1n) is 4.95. The third-order valence-electron chi connectivity index (χ3n) is 1.98. The van der Waals surface area contributed by atoms with Gasteiger partial charge in [-0.05, 0) is 6.42 Å². The molecule has 84 valence electrons. The molecular formula is C11H13N3O2. The molecule has 2 N–H and O–H groups in total. The van der Waals surface area contributed by atoms with E-state index in [0.29, 0.717) is 5.95 Å². The summed E-state index contributed by atoms with van der Waals surface area (Å²) in [6, 6.07) is -0.124. The predicted molar refractivity (Wildman–Crippen MR) is 60.1 cm³/mol. The average molecular weight is 219 g/mol. The second kappa shape index (κ2) is 5.71. The molecule has 1 atom stereocenters. The van der Waals surface area contributed by atoms with Crippen LogP contribution < -0.4 is 5.32 Å². The Bertz CT molecular complexity index is 395. The Kier molecular flexibility index (Phi) is 4.28. The Morgan fingerprint density at radius 1 is 1.62 bits per heavy atom. The number of rotatable bonds is 5. The molecule has 1 aromatic rings. The fourth-order valence-electron chi connectivity index (χ4n) is 1.15. The monoisotopic (exact) mass is 219 g/mol. The summed E-state index contributed by atoms with van der Waals surface area (Å²) >= 11 is 0. The number of anilines is 1. The van der Waals surface area contributed by atoms with Gasteiger partial charge in [0.25, 0.3) is 0 Å². The van der Waals surface area contributed by atoms with Crippen LogP contribution in [0.15, 0.2) is 12.4 Å². The molecule has 0 aromatic carbocycles. The fraction of sp³-hybridized carbons (Fsp3) is 0.364. The Morgan fingerprint density at radius 2 is 2.25 bits per heavy atom. The lowest BCUT2D eigenvalue weighted by atomic mass is 10.2. The van der Waals surface area contributed by atoms with E-state index in [4.69, 9.17) is 11.5 Å². The van der Waals surface area contributed by atoms with E-state index in [2.05, 4.69) is 21.2 Å². The maximum atomic E-state index is 10.6. The maximum Gasteiger partial charge on any atom is 0.338 e. The van der Waals surface area contributed by atoms with E-state index in [1.807, 2.05) is 6.92 Å². The fourth-order valence-corrected chi connectivity index (χ4v) is 1.15. The first kappa shape index (κ1) is 12.0. The van der Waals surface area contributed by atoms with Gasteiger partial charge < -0.3 is 10.4 Å². The summed E-state index contributed by atoms with van der Waals surface area (Å²) in [7, 11) is 0. The van der Waals surface area contributed by atoms with E-state index in [-0.39, 0.29) is 11.6 Å². The smallest absolute Gasteiger partial charge is 0.338 e. The van der Waals surface area contributed by atoms with Crippen LogP contribution in [-0.2, 0) is 0 Å². The Hall–Kier alpha value is -2.09. The number of nitrogens with one attached hydrogen (secondary N) is 1. The summed E-state index contributed by atoms with van der Waals surface area (Å²) in [4.78, 5) is 18.3. The van der Waals surface area contributed by atoms with E-state index in [9.17, 15) is 4.79 Å². The lowest BCUT2D eigenvalue weighted by molar-refractivity contribution is 0.0696. The molecule has 0 amide bonds. The summed E-state index contributed by atoms with van der Waals surface area (Å²) in [6.45, 7) is 2.03. The number of terminal acetylenes is 1. The summed E-state index contributed by atoms with van der Waals surface area (Å²) in [6.07, 6.45) is 9.59. The van der Waals surface area contributed by atoms with Crippen LogP contribution in [0, 0.1) is 12.3 Å². The van der Waals surface area contributed by atoms with Gasteiger partial charge in [-0.1, -0.05) is 19.3 Å². The van der Waals surface area contributed by atoms with Crippen LogP contribution in [0.4, 0.5) is 5.95 Å². The molecule has 0 saturated carbocycles. The third-order valence-corrected chi connectivity index (χ3v) is 1.98. The Balaban J connectivity index is 2.68. The number of hydrogen-bond acceptors (Lipinski definition) is 4. The van der Waals surface area contributed by atoms with E-state index >= 15 is 0 Å². The van der Waals surface area contributed by atoms with Crippen LogP contribution in [0.2, 0.25) is 0 Å².